The van der Waals surface area contributed by atoms with Crippen LogP contribution in [-0.4, -0.2) is 30.6 Å². The zero-order valence-electron chi connectivity index (χ0n) is 7.01. The highest BCUT2D eigenvalue weighted by atomic mass is 15.2. The number of likely N-dealkylation sites (tertiary alicyclic amines) is 1. The van der Waals surface area contributed by atoms with Gasteiger partial charge in [0.15, 0.2) is 0 Å². The van der Waals surface area contributed by atoms with E-state index in [-0.39, 0.29) is 0 Å². The van der Waals surface area contributed by atoms with Gasteiger partial charge in [-0.3, -0.25) is 4.90 Å². The predicted octanol–water partition coefficient (Wildman–Crippen LogP) is 0.675. The molecule has 0 bridgehead atoms. The van der Waals surface area contributed by atoms with E-state index in [4.69, 9.17) is 5.73 Å². The van der Waals surface area contributed by atoms with Crippen LogP contribution in [0.15, 0.2) is 0 Å². The minimum absolute atomic E-state index is 0.588. The average Bonchev–Trinajstić information content (AvgIpc) is 2.34. The van der Waals surface area contributed by atoms with Crippen molar-refractivity contribution in [1.29, 1.82) is 0 Å². The summed E-state index contributed by atoms with van der Waals surface area (Å²) in [6.45, 7) is 7.81. The molecule has 1 fully saturated rings. The van der Waals surface area contributed by atoms with Crippen LogP contribution in [0.1, 0.15) is 20.3 Å². The zero-order chi connectivity index (χ0) is 7.56. The van der Waals surface area contributed by atoms with Crippen molar-refractivity contribution in [2.75, 3.05) is 19.6 Å². The number of nitrogens with zero attached hydrogens (tertiary/aromatic N) is 1. The zero-order valence-corrected chi connectivity index (χ0v) is 7.01. The SMILES string of the molecule is CC1CCN(C(C)CN)C1. The van der Waals surface area contributed by atoms with Crippen LogP contribution in [0.2, 0.25) is 0 Å². The van der Waals surface area contributed by atoms with E-state index in [0.29, 0.717) is 6.04 Å². The Morgan fingerprint density at radius 2 is 2.40 bits per heavy atom. The predicted molar refractivity (Wildman–Crippen MR) is 43.9 cm³/mol. The molecule has 1 rings (SSSR count). The van der Waals surface area contributed by atoms with Gasteiger partial charge in [-0.15, -0.1) is 0 Å². The maximum absolute atomic E-state index is 5.56. The third kappa shape index (κ3) is 1.70. The van der Waals surface area contributed by atoms with E-state index in [1.807, 2.05) is 0 Å². The quantitative estimate of drug-likeness (QED) is 0.614. The van der Waals surface area contributed by atoms with Crippen LogP contribution < -0.4 is 5.73 Å². The van der Waals surface area contributed by atoms with Crippen LogP contribution in [0.4, 0.5) is 0 Å². The Balaban J connectivity index is 2.29. The topological polar surface area (TPSA) is 29.3 Å². The number of hydrogen-bond donors (Lipinski definition) is 1. The lowest BCUT2D eigenvalue weighted by molar-refractivity contribution is 0.256. The summed E-state index contributed by atoms with van der Waals surface area (Å²) in [5.41, 5.74) is 5.56. The van der Waals surface area contributed by atoms with Gasteiger partial charge in [0.05, 0.1) is 0 Å². The molecule has 0 spiro atoms. The lowest BCUT2D eigenvalue weighted by Gasteiger charge is -2.22. The molecule has 10 heavy (non-hydrogen) atoms. The first-order valence-electron chi connectivity index (χ1n) is 4.18. The minimum Gasteiger partial charge on any atom is -0.329 e. The van der Waals surface area contributed by atoms with E-state index in [1.54, 1.807) is 0 Å². The van der Waals surface area contributed by atoms with Crippen molar-refractivity contribution in [3.63, 3.8) is 0 Å². The van der Waals surface area contributed by atoms with Crippen molar-refractivity contribution in [1.82, 2.24) is 4.90 Å². The summed E-state index contributed by atoms with van der Waals surface area (Å²) < 4.78 is 0. The molecule has 0 saturated carbocycles. The van der Waals surface area contributed by atoms with E-state index < -0.39 is 0 Å². The molecular formula is C8H18N2. The van der Waals surface area contributed by atoms with Crippen LogP contribution in [0.5, 0.6) is 0 Å². The largest absolute Gasteiger partial charge is 0.329 e. The second kappa shape index (κ2) is 3.35. The standard InChI is InChI=1S/C8H18N2/c1-7-3-4-10(6-7)8(2)5-9/h7-8H,3-6,9H2,1-2H3. The van der Waals surface area contributed by atoms with Gasteiger partial charge in [0.2, 0.25) is 0 Å². The van der Waals surface area contributed by atoms with Crippen molar-refractivity contribution >= 4 is 0 Å². The molecule has 0 aromatic carbocycles. The monoisotopic (exact) mass is 142 g/mol. The minimum atomic E-state index is 0.588. The Kier molecular flexibility index (Phi) is 2.69. The van der Waals surface area contributed by atoms with Gasteiger partial charge in [-0.2, -0.15) is 0 Å². The lowest BCUT2D eigenvalue weighted by Crippen LogP contribution is -2.36. The van der Waals surface area contributed by atoms with Gasteiger partial charge in [-0.25, -0.2) is 0 Å². The molecule has 2 heteroatoms. The first-order chi connectivity index (χ1) is 4.74. The molecule has 1 saturated heterocycles. The van der Waals surface area contributed by atoms with E-state index in [2.05, 4.69) is 18.7 Å². The first kappa shape index (κ1) is 8.02. The van der Waals surface area contributed by atoms with E-state index in [9.17, 15) is 0 Å². The van der Waals surface area contributed by atoms with Crippen molar-refractivity contribution in [3.05, 3.63) is 0 Å². The molecular weight excluding hydrogens is 124 g/mol. The smallest absolute Gasteiger partial charge is 0.0190 e. The molecule has 2 N–H and O–H groups in total. The van der Waals surface area contributed by atoms with Crippen molar-refractivity contribution in [3.8, 4) is 0 Å². The van der Waals surface area contributed by atoms with Crippen molar-refractivity contribution in [2.45, 2.75) is 26.3 Å². The lowest BCUT2D eigenvalue weighted by atomic mass is 10.2. The molecule has 2 atom stereocenters. The molecule has 0 aromatic heterocycles. The number of hydrogen-bond acceptors (Lipinski definition) is 2. The Morgan fingerprint density at radius 1 is 1.70 bits per heavy atom. The van der Waals surface area contributed by atoms with E-state index in [1.165, 1.54) is 19.5 Å². The third-order valence-corrected chi connectivity index (χ3v) is 2.42. The Labute approximate surface area is 63.4 Å². The molecule has 1 aliphatic heterocycles. The van der Waals surface area contributed by atoms with E-state index >= 15 is 0 Å². The van der Waals surface area contributed by atoms with Crippen molar-refractivity contribution < 1.29 is 0 Å². The summed E-state index contributed by atoms with van der Waals surface area (Å²) in [5, 5.41) is 0. The molecule has 0 amide bonds. The second-order valence-corrected chi connectivity index (χ2v) is 3.47. The summed E-state index contributed by atoms with van der Waals surface area (Å²) in [6, 6.07) is 0.588. The van der Waals surface area contributed by atoms with Gasteiger partial charge in [0, 0.05) is 19.1 Å². The van der Waals surface area contributed by atoms with Crippen LogP contribution in [0.25, 0.3) is 0 Å². The number of nitrogens with two attached hydrogens (primary N) is 1. The fourth-order valence-electron chi connectivity index (χ4n) is 1.52. The highest BCUT2D eigenvalue weighted by molar-refractivity contribution is 4.77. The van der Waals surface area contributed by atoms with E-state index in [0.717, 1.165) is 12.5 Å². The van der Waals surface area contributed by atoms with Gasteiger partial charge in [-0.05, 0) is 25.8 Å². The molecule has 0 radical (unpaired) electrons. The van der Waals surface area contributed by atoms with Gasteiger partial charge < -0.3 is 5.73 Å². The molecule has 0 aliphatic carbocycles. The van der Waals surface area contributed by atoms with Crippen molar-refractivity contribution in [2.24, 2.45) is 11.7 Å². The van der Waals surface area contributed by atoms with Crippen LogP contribution >= 0.6 is 0 Å². The molecule has 2 unspecified atom stereocenters. The maximum Gasteiger partial charge on any atom is 0.0190 e. The Hall–Kier alpha value is -0.0800. The molecule has 60 valence electrons. The highest BCUT2D eigenvalue weighted by Gasteiger charge is 2.21. The second-order valence-electron chi connectivity index (χ2n) is 3.47. The van der Waals surface area contributed by atoms with Gasteiger partial charge in [0.1, 0.15) is 0 Å². The Morgan fingerprint density at radius 3 is 2.80 bits per heavy atom. The summed E-state index contributed by atoms with van der Waals surface area (Å²) in [6.07, 6.45) is 1.35. The van der Waals surface area contributed by atoms with Crippen LogP contribution in [-0.2, 0) is 0 Å². The maximum atomic E-state index is 5.56. The third-order valence-electron chi connectivity index (χ3n) is 2.42. The van der Waals surface area contributed by atoms with Gasteiger partial charge in [-0.1, -0.05) is 6.92 Å². The van der Waals surface area contributed by atoms with Gasteiger partial charge in [0.25, 0.3) is 0 Å². The normalized spacial score (nSPS) is 30.9. The summed E-state index contributed by atoms with van der Waals surface area (Å²) >= 11 is 0. The molecule has 1 heterocycles. The molecule has 0 aromatic rings. The van der Waals surface area contributed by atoms with Gasteiger partial charge >= 0.3 is 0 Å². The average molecular weight is 142 g/mol. The summed E-state index contributed by atoms with van der Waals surface area (Å²) in [7, 11) is 0. The summed E-state index contributed by atoms with van der Waals surface area (Å²) in [4.78, 5) is 2.48. The first-order valence-corrected chi connectivity index (χ1v) is 4.18. The fourth-order valence-corrected chi connectivity index (χ4v) is 1.52. The highest BCUT2D eigenvalue weighted by Crippen LogP contribution is 2.16. The molecule has 2 nitrogen and oxygen atoms in total. The Bertz CT molecular complexity index is 103. The fraction of sp³-hybridized carbons (Fsp3) is 1.00. The molecule has 1 aliphatic rings. The van der Waals surface area contributed by atoms with Crippen LogP contribution in [0, 0.1) is 5.92 Å². The number of rotatable bonds is 2. The van der Waals surface area contributed by atoms with Crippen LogP contribution in [0.3, 0.4) is 0 Å². The summed E-state index contributed by atoms with van der Waals surface area (Å²) in [5.74, 6) is 0.883.